The summed E-state index contributed by atoms with van der Waals surface area (Å²) in [4.78, 5) is 8.08. The Bertz CT molecular complexity index is 615. The van der Waals surface area contributed by atoms with Gasteiger partial charge in [-0.05, 0) is 29.5 Å². The van der Waals surface area contributed by atoms with E-state index in [-0.39, 0.29) is 5.82 Å². The molecule has 2 rings (SSSR count). The number of alkyl halides is 3. The van der Waals surface area contributed by atoms with E-state index in [4.69, 9.17) is 0 Å². The van der Waals surface area contributed by atoms with Gasteiger partial charge in [-0.3, -0.25) is 0 Å². The molecule has 0 unspecified atom stereocenters. The van der Waals surface area contributed by atoms with Gasteiger partial charge in [0, 0.05) is 12.1 Å². The van der Waals surface area contributed by atoms with Gasteiger partial charge in [-0.25, -0.2) is 9.97 Å². The van der Waals surface area contributed by atoms with Crippen LogP contribution in [-0.4, -0.2) is 22.7 Å². The van der Waals surface area contributed by atoms with Crippen molar-refractivity contribution in [3.63, 3.8) is 0 Å². The van der Waals surface area contributed by atoms with E-state index in [1.165, 1.54) is 0 Å². The Morgan fingerprint density at radius 3 is 2.38 bits per heavy atom. The lowest BCUT2D eigenvalue weighted by atomic mass is 10.1. The maximum Gasteiger partial charge on any atom is 0.396 e. The minimum atomic E-state index is -4.33. The average molecular weight is 407 g/mol. The average Bonchev–Trinajstić information content (AvgIpc) is 2.42. The van der Waals surface area contributed by atoms with Gasteiger partial charge in [-0.1, -0.05) is 30.3 Å². The molecule has 0 atom stereocenters. The SMILES string of the molecule is CCNc1nc(CC(F)(F)F)nc(-c2ccccc2)c1I. The molecule has 0 radical (unpaired) electrons. The first-order valence-corrected chi connectivity index (χ1v) is 7.41. The highest BCUT2D eigenvalue weighted by Crippen LogP contribution is 2.29. The summed E-state index contributed by atoms with van der Waals surface area (Å²) >= 11 is 2.05. The van der Waals surface area contributed by atoms with Crippen LogP contribution in [0.5, 0.6) is 0 Å². The van der Waals surface area contributed by atoms with Crippen LogP contribution in [0.2, 0.25) is 0 Å². The first-order valence-electron chi connectivity index (χ1n) is 6.33. The number of hydrogen-bond acceptors (Lipinski definition) is 3. The zero-order valence-electron chi connectivity index (χ0n) is 11.2. The van der Waals surface area contributed by atoms with Crippen LogP contribution in [-0.2, 0) is 6.42 Å². The molecule has 2 aromatic rings. The van der Waals surface area contributed by atoms with Gasteiger partial charge >= 0.3 is 6.18 Å². The number of halogens is 4. The molecular weight excluding hydrogens is 394 g/mol. The van der Waals surface area contributed by atoms with Crippen molar-refractivity contribution >= 4 is 28.4 Å². The Labute approximate surface area is 134 Å². The lowest BCUT2D eigenvalue weighted by Crippen LogP contribution is -2.16. The lowest BCUT2D eigenvalue weighted by Gasteiger charge is -2.13. The predicted octanol–water partition coefficient (Wildman–Crippen LogP) is 4.28. The summed E-state index contributed by atoms with van der Waals surface area (Å²) < 4.78 is 38.5. The van der Waals surface area contributed by atoms with Crippen molar-refractivity contribution in [3.8, 4) is 11.3 Å². The van der Waals surface area contributed by atoms with Crippen LogP contribution < -0.4 is 5.32 Å². The van der Waals surface area contributed by atoms with Gasteiger partial charge in [-0.2, -0.15) is 13.2 Å². The van der Waals surface area contributed by atoms with Crippen molar-refractivity contribution in [2.45, 2.75) is 19.5 Å². The molecule has 0 saturated heterocycles. The summed E-state index contributed by atoms with van der Waals surface area (Å²) in [7, 11) is 0. The zero-order chi connectivity index (χ0) is 15.5. The Morgan fingerprint density at radius 2 is 1.81 bits per heavy atom. The standard InChI is InChI=1S/C14H13F3IN3/c1-2-19-13-11(18)12(9-6-4-3-5-7-9)20-10(21-13)8-14(15,16)17/h3-7H,2,8H2,1H3,(H,19,20,21). The van der Waals surface area contributed by atoms with E-state index in [1.807, 2.05) is 37.3 Å². The predicted molar refractivity (Wildman–Crippen MR) is 84.1 cm³/mol. The van der Waals surface area contributed by atoms with Crippen molar-refractivity contribution in [1.82, 2.24) is 9.97 Å². The third kappa shape index (κ3) is 4.29. The van der Waals surface area contributed by atoms with Gasteiger partial charge in [0.2, 0.25) is 0 Å². The van der Waals surface area contributed by atoms with Crippen LogP contribution >= 0.6 is 22.6 Å². The number of nitrogens with one attached hydrogen (secondary N) is 1. The molecule has 0 fully saturated rings. The molecule has 0 amide bonds. The van der Waals surface area contributed by atoms with Crippen LogP contribution in [0.3, 0.4) is 0 Å². The summed E-state index contributed by atoms with van der Waals surface area (Å²) in [6, 6.07) is 9.13. The Kier molecular flexibility index (Phi) is 5.02. The van der Waals surface area contributed by atoms with Crippen molar-refractivity contribution in [1.29, 1.82) is 0 Å². The quantitative estimate of drug-likeness (QED) is 0.769. The number of benzene rings is 1. The maximum atomic E-state index is 12.6. The molecule has 0 aliphatic carbocycles. The van der Waals surface area contributed by atoms with Crippen molar-refractivity contribution in [2.24, 2.45) is 0 Å². The Hall–Kier alpha value is -1.38. The van der Waals surface area contributed by atoms with E-state index in [2.05, 4.69) is 37.9 Å². The molecule has 1 N–H and O–H groups in total. The van der Waals surface area contributed by atoms with Gasteiger partial charge in [-0.15, -0.1) is 0 Å². The number of nitrogens with zero attached hydrogens (tertiary/aromatic N) is 2. The molecule has 21 heavy (non-hydrogen) atoms. The molecule has 7 heteroatoms. The van der Waals surface area contributed by atoms with E-state index >= 15 is 0 Å². The second kappa shape index (κ2) is 6.59. The second-order valence-corrected chi connectivity index (χ2v) is 5.42. The molecule has 112 valence electrons. The monoisotopic (exact) mass is 407 g/mol. The molecule has 0 aliphatic rings. The fraction of sp³-hybridized carbons (Fsp3) is 0.286. The molecule has 0 spiro atoms. The van der Waals surface area contributed by atoms with Gasteiger partial charge in [0.05, 0.1) is 9.26 Å². The largest absolute Gasteiger partial charge is 0.396 e. The minimum Gasteiger partial charge on any atom is -0.369 e. The van der Waals surface area contributed by atoms with Crippen molar-refractivity contribution in [3.05, 3.63) is 39.7 Å². The van der Waals surface area contributed by atoms with Crippen LogP contribution in [0, 0.1) is 3.57 Å². The van der Waals surface area contributed by atoms with Gasteiger partial charge in [0.15, 0.2) is 0 Å². The van der Waals surface area contributed by atoms with E-state index in [0.717, 1.165) is 5.56 Å². The lowest BCUT2D eigenvalue weighted by molar-refractivity contribution is -0.128. The number of anilines is 1. The van der Waals surface area contributed by atoms with E-state index in [1.54, 1.807) is 0 Å². The Balaban J connectivity index is 2.52. The summed E-state index contributed by atoms with van der Waals surface area (Å²) in [6.07, 6.45) is -5.47. The molecule has 0 saturated carbocycles. The number of hydrogen-bond donors (Lipinski definition) is 1. The van der Waals surface area contributed by atoms with Crippen LogP contribution in [0.4, 0.5) is 19.0 Å². The third-order valence-corrected chi connectivity index (χ3v) is 3.67. The summed E-state index contributed by atoms with van der Waals surface area (Å²) in [6.45, 7) is 2.44. The topological polar surface area (TPSA) is 37.8 Å². The highest BCUT2D eigenvalue weighted by Gasteiger charge is 2.30. The fourth-order valence-corrected chi connectivity index (χ4v) is 2.57. The molecule has 1 aromatic heterocycles. The summed E-state index contributed by atoms with van der Waals surface area (Å²) in [5.74, 6) is 0.212. The second-order valence-electron chi connectivity index (χ2n) is 4.34. The highest BCUT2D eigenvalue weighted by atomic mass is 127. The number of aromatic nitrogens is 2. The van der Waals surface area contributed by atoms with E-state index in [9.17, 15) is 13.2 Å². The minimum absolute atomic E-state index is 0.224. The zero-order valence-corrected chi connectivity index (χ0v) is 13.4. The summed E-state index contributed by atoms with van der Waals surface area (Å²) in [5, 5.41) is 2.99. The maximum absolute atomic E-state index is 12.6. The smallest absolute Gasteiger partial charge is 0.369 e. The molecule has 1 aromatic carbocycles. The normalized spacial score (nSPS) is 11.5. The first-order chi connectivity index (χ1) is 9.90. The van der Waals surface area contributed by atoms with Gasteiger partial charge in [0.25, 0.3) is 0 Å². The summed E-state index contributed by atoms with van der Waals surface area (Å²) in [5.41, 5.74) is 1.29. The molecular formula is C14H13F3IN3. The van der Waals surface area contributed by atoms with Crippen LogP contribution in [0.15, 0.2) is 30.3 Å². The van der Waals surface area contributed by atoms with Crippen LogP contribution in [0.1, 0.15) is 12.7 Å². The molecule has 0 bridgehead atoms. The number of rotatable bonds is 4. The van der Waals surface area contributed by atoms with Gasteiger partial charge in [0.1, 0.15) is 18.1 Å². The van der Waals surface area contributed by atoms with Gasteiger partial charge < -0.3 is 5.32 Å². The van der Waals surface area contributed by atoms with E-state index < -0.39 is 12.6 Å². The molecule has 3 nitrogen and oxygen atoms in total. The fourth-order valence-electron chi connectivity index (χ4n) is 1.82. The van der Waals surface area contributed by atoms with E-state index in [0.29, 0.717) is 21.6 Å². The van der Waals surface area contributed by atoms with Crippen molar-refractivity contribution in [2.75, 3.05) is 11.9 Å². The van der Waals surface area contributed by atoms with Crippen molar-refractivity contribution < 1.29 is 13.2 Å². The Morgan fingerprint density at radius 1 is 1.14 bits per heavy atom. The third-order valence-electron chi connectivity index (χ3n) is 2.65. The first kappa shape index (κ1) is 16.0. The molecule has 1 heterocycles. The molecule has 0 aliphatic heterocycles. The highest BCUT2D eigenvalue weighted by molar-refractivity contribution is 14.1. The van der Waals surface area contributed by atoms with Crippen LogP contribution in [0.25, 0.3) is 11.3 Å².